The van der Waals surface area contributed by atoms with Crippen LogP contribution in [0.25, 0.3) is 22.0 Å². The van der Waals surface area contributed by atoms with Gasteiger partial charge in [-0.05, 0) is 113 Å². The molecule has 0 fully saturated rings. The van der Waals surface area contributed by atoms with Crippen molar-refractivity contribution in [3.8, 4) is 11.3 Å². The molecule has 1 aromatic heterocycles. The van der Waals surface area contributed by atoms with Crippen molar-refractivity contribution in [1.82, 2.24) is 10.2 Å². The molecule has 0 atom stereocenters. The van der Waals surface area contributed by atoms with Crippen molar-refractivity contribution in [2.45, 2.75) is 62.3 Å². The maximum atomic E-state index is 4.67. The fourth-order valence-corrected chi connectivity index (χ4v) is 3.93. The van der Waals surface area contributed by atoms with E-state index in [1.807, 2.05) is 0 Å². The Kier molecular flexibility index (Phi) is 4.18. The molecule has 0 saturated heterocycles. The van der Waals surface area contributed by atoms with E-state index in [1.54, 1.807) is 0 Å². The van der Waals surface area contributed by atoms with Crippen LogP contribution in [0, 0.1) is 62.3 Å². The molecular weight excluding hydrogens is 304 g/mol. The van der Waals surface area contributed by atoms with Gasteiger partial charge in [-0.25, -0.2) is 0 Å². The second-order valence-electron chi connectivity index (χ2n) is 7.50. The summed E-state index contributed by atoms with van der Waals surface area (Å²) >= 11 is 0. The molecule has 3 rings (SSSR count). The molecule has 2 nitrogen and oxygen atoms in total. The first kappa shape index (κ1) is 17.6. The second kappa shape index (κ2) is 5.94. The van der Waals surface area contributed by atoms with Crippen LogP contribution in [0.2, 0.25) is 0 Å². The van der Waals surface area contributed by atoms with Crippen LogP contribution < -0.4 is 0 Å². The molecule has 0 aliphatic rings. The van der Waals surface area contributed by atoms with Crippen LogP contribution >= 0.6 is 0 Å². The summed E-state index contributed by atoms with van der Waals surface area (Å²) in [6.07, 6.45) is 0. The van der Waals surface area contributed by atoms with Gasteiger partial charge in [0.2, 0.25) is 0 Å². The predicted octanol–water partition coefficient (Wildman–Crippen LogP) is 6.07. The summed E-state index contributed by atoms with van der Waals surface area (Å²) in [6, 6.07) is 2.28. The third-order valence-electron chi connectivity index (χ3n) is 6.32. The third-order valence-corrected chi connectivity index (χ3v) is 6.32. The van der Waals surface area contributed by atoms with Crippen LogP contribution in [0.1, 0.15) is 50.2 Å². The van der Waals surface area contributed by atoms with Gasteiger partial charge < -0.3 is 0 Å². The van der Waals surface area contributed by atoms with Crippen LogP contribution in [0.5, 0.6) is 0 Å². The van der Waals surface area contributed by atoms with Gasteiger partial charge in [0.1, 0.15) is 5.69 Å². The lowest BCUT2D eigenvalue weighted by molar-refractivity contribution is 1.000. The van der Waals surface area contributed by atoms with Crippen molar-refractivity contribution in [3.05, 3.63) is 56.3 Å². The Morgan fingerprint density at radius 1 is 0.520 bits per heavy atom. The van der Waals surface area contributed by atoms with Crippen LogP contribution in [0.15, 0.2) is 6.07 Å². The van der Waals surface area contributed by atoms with E-state index in [0.717, 1.165) is 11.4 Å². The van der Waals surface area contributed by atoms with Gasteiger partial charge in [-0.1, -0.05) is 0 Å². The molecule has 130 valence electrons. The number of aromatic nitrogens is 2. The molecule has 2 aromatic carbocycles. The summed E-state index contributed by atoms with van der Waals surface area (Å²) in [5.74, 6) is 0. The fourth-order valence-electron chi connectivity index (χ4n) is 3.93. The van der Waals surface area contributed by atoms with Gasteiger partial charge in [0.15, 0.2) is 0 Å². The van der Waals surface area contributed by atoms with E-state index >= 15 is 0 Å². The largest absolute Gasteiger partial charge is 0.155 e. The molecule has 0 aliphatic heterocycles. The molecular formula is C23H28N2. The molecule has 25 heavy (non-hydrogen) atoms. The van der Waals surface area contributed by atoms with Crippen LogP contribution in [0.4, 0.5) is 0 Å². The molecule has 0 spiro atoms. The van der Waals surface area contributed by atoms with E-state index < -0.39 is 0 Å². The number of hydrogen-bond donors (Lipinski definition) is 0. The van der Waals surface area contributed by atoms with Crippen LogP contribution in [0.3, 0.4) is 0 Å². The first-order valence-corrected chi connectivity index (χ1v) is 8.97. The minimum absolute atomic E-state index is 1.01. The summed E-state index contributed by atoms with van der Waals surface area (Å²) in [5.41, 5.74) is 13.9. The average Bonchev–Trinajstić information content (AvgIpc) is 2.59. The van der Waals surface area contributed by atoms with Crippen molar-refractivity contribution in [3.63, 3.8) is 0 Å². The van der Waals surface area contributed by atoms with Crippen molar-refractivity contribution in [2.24, 2.45) is 0 Å². The third kappa shape index (κ3) is 2.47. The van der Waals surface area contributed by atoms with Gasteiger partial charge in [-0.2, -0.15) is 5.10 Å². The summed E-state index contributed by atoms with van der Waals surface area (Å²) in [6.45, 7) is 19.7. The first-order chi connectivity index (χ1) is 11.7. The standard InChI is InChI=1S/C23H28N2/c1-11-10-20(16(6)13(3)12(11)2)23-22-18(8)15(5)14(4)17(7)21(22)19(9)24-25-23/h10H,1-9H3. The van der Waals surface area contributed by atoms with E-state index in [9.17, 15) is 0 Å². The van der Waals surface area contributed by atoms with Gasteiger partial charge in [-0.3, -0.25) is 0 Å². The SMILES string of the molecule is Cc1cc(-c2nnc(C)c3c(C)c(C)c(C)c(C)c23)c(C)c(C)c1C. The summed E-state index contributed by atoms with van der Waals surface area (Å²) < 4.78 is 0. The maximum Gasteiger partial charge on any atom is 0.101 e. The topological polar surface area (TPSA) is 25.8 Å². The first-order valence-electron chi connectivity index (χ1n) is 8.97. The molecule has 1 heterocycles. The smallest absolute Gasteiger partial charge is 0.101 e. The molecule has 0 aliphatic carbocycles. The summed E-state index contributed by atoms with van der Waals surface area (Å²) in [7, 11) is 0. The number of benzene rings is 2. The Morgan fingerprint density at radius 2 is 1.04 bits per heavy atom. The van der Waals surface area contributed by atoms with Gasteiger partial charge in [-0.15, -0.1) is 5.10 Å². The second-order valence-corrected chi connectivity index (χ2v) is 7.50. The van der Waals surface area contributed by atoms with Gasteiger partial charge >= 0.3 is 0 Å². The van der Waals surface area contributed by atoms with E-state index in [4.69, 9.17) is 0 Å². The van der Waals surface area contributed by atoms with E-state index in [-0.39, 0.29) is 0 Å². The zero-order chi connectivity index (χ0) is 18.6. The van der Waals surface area contributed by atoms with E-state index in [1.165, 1.54) is 60.8 Å². The molecule has 3 aromatic rings. The lowest BCUT2D eigenvalue weighted by Gasteiger charge is -2.20. The van der Waals surface area contributed by atoms with Crippen LogP contribution in [-0.4, -0.2) is 10.2 Å². The highest BCUT2D eigenvalue weighted by molar-refractivity contribution is 6.01. The number of nitrogens with zero attached hydrogens (tertiary/aromatic N) is 2. The lowest BCUT2D eigenvalue weighted by atomic mass is 9.87. The van der Waals surface area contributed by atoms with Crippen molar-refractivity contribution in [2.75, 3.05) is 0 Å². The predicted molar refractivity (Wildman–Crippen MR) is 108 cm³/mol. The van der Waals surface area contributed by atoms with Gasteiger partial charge in [0.05, 0.1) is 5.69 Å². The van der Waals surface area contributed by atoms with Crippen LogP contribution in [-0.2, 0) is 0 Å². The Morgan fingerprint density at radius 3 is 1.64 bits per heavy atom. The Hall–Kier alpha value is -2.22. The highest BCUT2D eigenvalue weighted by atomic mass is 15.1. The Balaban J connectivity index is 2.55. The zero-order valence-corrected chi connectivity index (χ0v) is 17.0. The zero-order valence-electron chi connectivity index (χ0n) is 17.0. The highest BCUT2D eigenvalue weighted by Gasteiger charge is 2.19. The normalized spacial score (nSPS) is 11.4. The van der Waals surface area contributed by atoms with E-state index in [0.29, 0.717) is 0 Å². The van der Waals surface area contributed by atoms with Gasteiger partial charge in [0.25, 0.3) is 0 Å². The molecule has 0 amide bonds. The van der Waals surface area contributed by atoms with E-state index in [2.05, 4.69) is 78.6 Å². The highest BCUT2D eigenvalue weighted by Crippen LogP contribution is 2.38. The monoisotopic (exact) mass is 332 g/mol. The van der Waals surface area contributed by atoms with Crippen molar-refractivity contribution < 1.29 is 0 Å². The Labute approximate surface area is 151 Å². The number of aryl methyl sites for hydroxylation is 4. The number of rotatable bonds is 1. The number of fused-ring (bicyclic) bond motifs is 1. The Bertz CT molecular complexity index is 1030. The average molecular weight is 332 g/mol. The minimum atomic E-state index is 1.01. The van der Waals surface area contributed by atoms with Crippen molar-refractivity contribution >= 4 is 10.8 Å². The minimum Gasteiger partial charge on any atom is -0.155 e. The molecule has 0 bridgehead atoms. The summed E-state index contributed by atoms with van der Waals surface area (Å²) in [5, 5.41) is 11.7. The summed E-state index contributed by atoms with van der Waals surface area (Å²) in [4.78, 5) is 0. The fraction of sp³-hybridized carbons (Fsp3) is 0.391. The molecule has 0 unspecified atom stereocenters. The number of hydrogen-bond acceptors (Lipinski definition) is 2. The van der Waals surface area contributed by atoms with Gasteiger partial charge in [0, 0.05) is 16.3 Å². The van der Waals surface area contributed by atoms with Crippen molar-refractivity contribution in [1.29, 1.82) is 0 Å². The molecule has 0 radical (unpaired) electrons. The molecule has 0 N–H and O–H groups in total. The maximum absolute atomic E-state index is 4.67. The lowest BCUT2D eigenvalue weighted by Crippen LogP contribution is -2.03. The molecule has 2 heteroatoms. The molecule has 0 saturated carbocycles. The quantitative estimate of drug-likeness (QED) is 0.540.